The molecule has 1 aromatic carbocycles. The van der Waals surface area contributed by atoms with Gasteiger partial charge in [-0.15, -0.1) is 0 Å². The highest BCUT2D eigenvalue weighted by Gasteiger charge is 2.32. The van der Waals surface area contributed by atoms with Gasteiger partial charge in [-0.1, -0.05) is 56.3 Å². The van der Waals surface area contributed by atoms with Gasteiger partial charge in [0.2, 0.25) is 11.7 Å². The van der Waals surface area contributed by atoms with Crippen LogP contribution >= 0.6 is 0 Å². The number of nitrogens with zero attached hydrogens (tertiary/aromatic N) is 3. The highest BCUT2D eigenvalue weighted by molar-refractivity contribution is 5.92. The van der Waals surface area contributed by atoms with E-state index in [-0.39, 0.29) is 23.6 Å². The zero-order chi connectivity index (χ0) is 20.1. The van der Waals surface area contributed by atoms with Crippen molar-refractivity contribution in [2.45, 2.75) is 52.6 Å². The Kier molecular flexibility index (Phi) is 6.49. The van der Waals surface area contributed by atoms with Gasteiger partial charge < -0.3 is 14.3 Å². The minimum atomic E-state index is -0.185. The van der Waals surface area contributed by atoms with Crippen LogP contribution in [0.3, 0.4) is 0 Å². The lowest BCUT2D eigenvalue weighted by Crippen LogP contribution is -2.43. The van der Waals surface area contributed by atoms with Crippen LogP contribution < -0.4 is 0 Å². The number of benzene rings is 1. The Bertz CT molecular complexity index is 800. The summed E-state index contributed by atoms with van der Waals surface area (Å²) >= 11 is 0. The predicted molar refractivity (Wildman–Crippen MR) is 107 cm³/mol. The summed E-state index contributed by atoms with van der Waals surface area (Å²) in [5.41, 5.74) is 1.89. The topological polar surface area (TPSA) is 66.7 Å². The average molecular weight is 383 g/mol. The fourth-order valence-corrected chi connectivity index (χ4v) is 3.64. The van der Waals surface area contributed by atoms with Crippen molar-refractivity contribution in [3.05, 3.63) is 53.4 Å². The smallest absolute Gasteiger partial charge is 0.292 e. The van der Waals surface area contributed by atoms with E-state index in [0.29, 0.717) is 32.0 Å². The molecule has 28 heavy (non-hydrogen) atoms. The van der Waals surface area contributed by atoms with Crippen LogP contribution in [0, 0.1) is 5.92 Å². The maximum atomic E-state index is 12.9. The van der Waals surface area contributed by atoms with Gasteiger partial charge in [-0.2, -0.15) is 0 Å². The van der Waals surface area contributed by atoms with Gasteiger partial charge in [-0.25, -0.2) is 0 Å². The summed E-state index contributed by atoms with van der Waals surface area (Å²) < 4.78 is 5.30. The molecule has 6 heteroatoms. The summed E-state index contributed by atoms with van der Waals surface area (Å²) in [7, 11) is 0. The summed E-state index contributed by atoms with van der Waals surface area (Å²) in [5.74, 6) is 0.605. The number of rotatable bonds is 6. The van der Waals surface area contributed by atoms with Gasteiger partial charge in [0.05, 0.1) is 5.69 Å². The minimum Gasteiger partial charge on any atom is -0.351 e. The zero-order valence-corrected chi connectivity index (χ0v) is 16.9. The summed E-state index contributed by atoms with van der Waals surface area (Å²) in [6.45, 7) is 7.74. The third-order valence-electron chi connectivity index (χ3n) is 5.13. The largest absolute Gasteiger partial charge is 0.351 e. The molecule has 2 aromatic rings. The van der Waals surface area contributed by atoms with E-state index in [1.165, 1.54) is 0 Å². The van der Waals surface area contributed by atoms with Crippen LogP contribution in [0.5, 0.6) is 0 Å². The van der Waals surface area contributed by atoms with Crippen molar-refractivity contribution in [1.29, 1.82) is 0 Å². The molecule has 0 radical (unpaired) electrons. The molecule has 1 aromatic heterocycles. The van der Waals surface area contributed by atoms with Crippen LogP contribution in [-0.4, -0.2) is 45.9 Å². The molecule has 1 fully saturated rings. The molecule has 1 atom stereocenters. The predicted octanol–water partition coefficient (Wildman–Crippen LogP) is 3.53. The third-order valence-corrected chi connectivity index (χ3v) is 5.13. The van der Waals surface area contributed by atoms with E-state index in [1.54, 1.807) is 11.0 Å². The summed E-state index contributed by atoms with van der Waals surface area (Å²) in [6.07, 6.45) is 1.89. The van der Waals surface area contributed by atoms with Gasteiger partial charge in [-0.3, -0.25) is 9.59 Å². The average Bonchev–Trinajstić information content (AvgIpc) is 3.08. The Balaban J connectivity index is 1.73. The van der Waals surface area contributed by atoms with Crippen molar-refractivity contribution >= 4 is 11.8 Å². The Labute approximate surface area is 166 Å². The molecule has 1 aliphatic heterocycles. The molecule has 1 aliphatic rings. The second kappa shape index (κ2) is 9.04. The maximum absolute atomic E-state index is 12.9. The van der Waals surface area contributed by atoms with Crippen molar-refractivity contribution in [2.75, 3.05) is 13.1 Å². The van der Waals surface area contributed by atoms with Gasteiger partial charge in [0, 0.05) is 38.2 Å². The first-order chi connectivity index (χ1) is 13.5. The Morgan fingerprint density at radius 2 is 2.04 bits per heavy atom. The van der Waals surface area contributed by atoms with Gasteiger partial charge in [-0.05, 0) is 24.3 Å². The van der Waals surface area contributed by atoms with Crippen molar-refractivity contribution in [3.63, 3.8) is 0 Å². The summed E-state index contributed by atoms with van der Waals surface area (Å²) in [5, 5.41) is 4.02. The lowest BCUT2D eigenvalue weighted by atomic mass is 10.1. The van der Waals surface area contributed by atoms with Crippen molar-refractivity contribution in [2.24, 2.45) is 5.92 Å². The monoisotopic (exact) mass is 383 g/mol. The molecule has 0 saturated carbocycles. The van der Waals surface area contributed by atoms with E-state index in [1.807, 2.05) is 35.2 Å². The van der Waals surface area contributed by atoms with E-state index in [4.69, 9.17) is 4.52 Å². The van der Waals surface area contributed by atoms with Crippen LogP contribution in [0.25, 0.3) is 0 Å². The van der Waals surface area contributed by atoms with E-state index in [2.05, 4.69) is 25.9 Å². The molecule has 0 spiro atoms. The quantitative estimate of drug-likeness (QED) is 0.765. The van der Waals surface area contributed by atoms with Crippen LogP contribution in [0.1, 0.15) is 55.4 Å². The Morgan fingerprint density at radius 3 is 2.71 bits per heavy atom. The second-order valence-corrected chi connectivity index (χ2v) is 7.85. The Hall–Kier alpha value is -2.63. The third kappa shape index (κ3) is 4.80. The molecule has 2 amide bonds. The van der Waals surface area contributed by atoms with E-state index >= 15 is 0 Å². The number of hydrogen-bond acceptors (Lipinski definition) is 4. The van der Waals surface area contributed by atoms with E-state index in [0.717, 1.165) is 24.1 Å². The lowest BCUT2D eigenvalue weighted by Gasteiger charge is -2.31. The standard InChI is InChI=1S/C22H29N3O3/c1-4-19-15-24(22(27)20-13-18(23-28-20)12-16(2)3)11-10-21(26)25(19)14-17-8-6-5-7-9-17/h5-9,13,16,19H,4,10-12,14-15H2,1-3H3/t19-/m1/s1. The highest BCUT2D eigenvalue weighted by atomic mass is 16.5. The number of carbonyl (C=O) groups is 2. The first-order valence-electron chi connectivity index (χ1n) is 10.1. The SMILES string of the molecule is CC[C@@H]1CN(C(=O)c2cc(CC(C)C)no2)CCC(=O)N1Cc1ccccc1. The molecule has 0 aliphatic carbocycles. The summed E-state index contributed by atoms with van der Waals surface area (Å²) in [4.78, 5) is 29.4. The normalized spacial score (nSPS) is 17.9. The number of amides is 2. The number of hydrogen-bond donors (Lipinski definition) is 0. The lowest BCUT2D eigenvalue weighted by molar-refractivity contribution is -0.133. The molecular weight excluding hydrogens is 354 g/mol. The molecule has 6 nitrogen and oxygen atoms in total. The zero-order valence-electron chi connectivity index (χ0n) is 16.9. The molecule has 1 saturated heterocycles. The maximum Gasteiger partial charge on any atom is 0.292 e. The summed E-state index contributed by atoms with van der Waals surface area (Å²) in [6, 6.07) is 11.7. The van der Waals surface area contributed by atoms with Crippen LogP contribution in [0.2, 0.25) is 0 Å². The van der Waals surface area contributed by atoms with Crippen molar-refractivity contribution < 1.29 is 14.1 Å². The molecule has 0 N–H and O–H groups in total. The minimum absolute atomic E-state index is 0.0165. The van der Waals surface area contributed by atoms with Crippen molar-refractivity contribution in [1.82, 2.24) is 15.0 Å². The van der Waals surface area contributed by atoms with E-state index in [9.17, 15) is 9.59 Å². The molecule has 0 unspecified atom stereocenters. The van der Waals surface area contributed by atoms with Gasteiger partial charge in [0.25, 0.3) is 5.91 Å². The number of carbonyl (C=O) groups excluding carboxylic acids is 2. The second-order valence-electron chi connectivity index (χ2n) is 7.85. The molecule has 3 rings (SSSR count). The highest BCUT2D eigenvalue weighted by Crippen LogP contribution is 2.20. The fourth-order valence-electron chi connectivity index (χ4n) is 3.64. The van der Waals surface area contributed by atoms with Gasteiger partial charge in [0.1, 0.15) is 0 Å². The Morgan fingerprint density at radius 1 is 1.29 bits per heavy atom. The van der Waals surface area contributed by atoms with Gasteiger partial charge in [0.15, 0.2) is 0 Å². The molecule has 0 bridgehead atoms. The van der Waals surface area contributed by atoms with E-state index < -0.39 is 0 Å². The first kappa shape index (κ1) is 20.1. The van der Waals surface area contributed by atoms with Crippen LogP contribution in [0.15, 0.2) is 40.9 Å². The molecular formula is C22H29N3O3. The molecule has 2 heterocycles. The molecule has 150 valence electrons. The van der Waals surface area contributed by atoms with Crippen LogP contribution in [-0.2, 0) is 17.8 Å². The fraction of sp³-hybridized carbons (Fsp3) is 0.500. The van der Waals surface area contributed by atoms with Gasteiger partial charge >= 0.3 is 0 Å². The van der Waals surface area contributed by atoms with Crippen LogP contribution in [0.4, 0.5) is 0 Å². The number of aromatic nitrogens is 1. The van der Waals surface area contributed by atoms with Crippen molar-refractivity contribution in [3.8, 4) is 0 Å². The first-order valence-corrected chi connectivity index (χ1v) is 10.1.